The number of sulfonamides is 1. The Morgan fingerprint density at radius 3 is 2.24 bits per heavy atom. The first-order valence-corrected chi connectivity index (χ1v) is 8.88. The van der Waals surface area contributed by atoms with Gasteiger partial charge in [0.25, 0.3) is 0 Å². The van der Waals surface area contributed by atoms with Crippen LogP contribution in [0.4, 0.5) is 0 Å². The van der Waals surface area contributed by atoms with Crippen molar-refractivity contribution in [1.29, 1.82) is 0 Å². The van der Waals surface area contributed by atoms with Gasteiger partial charge < -0.3 is 10.4 Å². The van der Waals surface area contributed by atoms with Crippen LogP contribution in [0.15, 0.2) is 29.2 Å². The van der Waals surface area contributed by atoms with Crippen LogP contribution in [0.25, 0.3) is 0 Å². The fourth-order valence-electron chi connectivity index (χ4n) is 2.58. The van der Waals surface area contributed by atoms with E-state index in [0.717, 1.165) is 5.56 Å². The van der Waals surface area contributed by atoms with Crippen LogP contribution in [0.2, 0.25) is 0 Å². The Labute approximate surface area is 126 Å². The van der Waals surface area contributed by atoms with E-state index < -0.39 is 10.0 Å². The number of aliphatic hydroxyl groups excluding tert-OH is 1. The van der Waals surface area contributed by atoms with Crippen LogP contribution in [-0.2, 0) is 10.0 Å². The van der Waals surface area contributed by atoms with Crippen LogP contribution in [-0.4, -0.2) is 32.7 Å². The van der Waals surface area contributed by atoms with Crippen molar-refractivity contribution in [1.82, 2.24) is 10.0 Å². The molecule has 6 heteroatoms. The highest BCUT2D eigenvalue weighted by Crippen LogP contribution is 2.21. The number of hydrogen-bond acceptors (Lipinski definition) is 4. The highest BCUT2D eigenvalue weighted by molar-refractivity contribution is 7.89. The van der Waals surface area contributed by atoms with Crippen molar-refractivity contribution in [2.75, 3.05) is 7.05 Å². The molecule has 1 fully saturated rings. The van der Waals surface area contributed by atoms with Gasteiger partial charge in [-0.15, -0.1) is 0 Å². The lowest BCUT2D eigenvalue weighted by molar-refractivity contribution is 0.120. The molecule has 0 heterocycles. The van der Waals surface area contributed by atoms with Gasteiger partial charge in [0.2, 0.25) is 10.0 Å². The van der Waals surface area contributed by atoms with E-state index in [1.54, 1.807) is 12.1 Å². The predicted molar refractivity (Wildman–Crippen MR) is 82.5 cm³/mol. The molecule has 3 N–H and O–H groups in total. The molecule has 0 aliphatic heterocycles. The SMILES string of the molecule is CNC(C)c1ccc(S(=O)(=O)NC2CCC(O)CC2)cc1. The van der Waals surface area contributed by atoms with Crippen molar-refractivity contribution in [2.45, 2.75) is 55.7 Å². The molecule has 1 atom stereocenters. The van der Waals surface area contributed by atoms with Gasteiger partial charge in [-0.05, 0) is 57.4 Å². The van der Waals surface area contributed by atoms with Crippen LogP contribution in [0, 0.1) is 0 Å². The monoisotopic (exact) mass is 312 g/mol. The highest BCUT2D eigenvalue weighted by atomic mass is 32.2. The number of hydrogen-bond donors (Lipinski definition) is 3. The summed E-state index contributed by atoms with van der Waals surface area (Å²) in [5, 5.41) is 12.6. The van der Waals surface area contributed by atoms with Gasteiger partial charge in [0, 0.05) is 12.1 Å². The molecule has 0 spiro atoms. The second kappa shape index (κ2) is 6.87. The van der Waals surface area contributed by atoms with E-state index in [0.29, 0.717) is 30.6 Å². The lowest BCUT2D eigenvalue weighted by Gasteiger charge is -2.26. The number of benzene rings is 1. The fraction of sp³-hybridized carbons (Fsp3) is 0.600. The maximum Gasteiger partial charge on any atom is 0.240 e. The summed E-state index contributed by atoms with van der Waals surface area (Å²) in [5.74, 6) is 0. The first-order valence-electron chi connectivity index (χ1n) is 7.40. The minimum absolute atomic E-state index is 0.0747. The van der Waals surface area contributed by atoms with Crippen LogP contribution >= 0.6 is 0 Å². The molecule has 1 aliphatic carbocycles. The van der Waals surface area contributed by atoms with Crippen molar-refractivity contribution >= 4 is 10.0 Å². The van der Waals surface area contributed by atoms with Crippen molar-refractivity contribution < 1.29 is 13.5 Å². The van der Waals surface area contributed by atoms with E-state index in [-0.39, 0.29) is 18.2 Å². The molecule has 21 heavy (non-hydrogen) atoms. The van der Waals surface area contributed by atoms with E-state index in [2.05, 4.69) is 10.0 Å². The molecule has 1 saturated carbocycles. The quantitative estimate of drug-likeness (QED) is 0.771. The lowest BCUT2D eigenvalue weighted by Crippen LogP contribution is -2.38. The topological polar surface area (TPSA) is 78.4 Å². The molecule has 0 bridgehead atoms. The van der Waals surface area contributed by atoms with Gasteiger partial charge in [0.05, 0.1) is 11.0 Å². The summed E-state index contributed by atoms with van der Waals surface area (Å²) >= 11 is 0. The van der Waals surface area contributed by atoms with Crippen LogP contribution in [0.5, 0.6) is 0 Å². The number of aliphatic hydroxyl groups is 1. The van der Waals surface area contributed by atoms with Gasteiger partial charge in [-0.1, -0.05) is 12.1 Å². The summed E-state index contributed by atoms with van der Waals surface area (Å²) in [7, 11) is -1.61. The Balaban J connectivity index is 2.05. The van der Waals surface area contributed by atoms with Crippen LogP contribution in [0.1, 0.15) is 44.2 Å². The Hall–Kier alpha value is -0.950. The Morgan fingerprint density at radius 1 is 1.14 bits per heavy atom. The highest BCUT2D eigenvalue weighted by Gasteiger charge is 2.24. The van der Waals surface area contributed by atoms with Gasteiger partial charge in [-0.2, -0.15) is 0 Å². The second-order valence-electron chi connectivity index (χ2n) is 5.71. The first-order chi connectivity index (χ1) is 9.92. The number of nitrogens with one attached hydrogen (secondary N) is 2. The third-order valence-electron chi connectivity index (χ3n) is 4.14. The minimum Gasteiger partial charge on any atom is -0.393 e. The van der Waals surface area contributed by atoms with Crippen LogP contribution < -0.4 is 10.0 Å². The molecule has 0 saturated heterocycles. The number of rotatable bonds is 5. The van der Waals surface area contributed by atoms with Crippen molar-refractivity contribution in [3.05, 3.63) is 29.8 Å². The zero-order valence-electron chi connectivity index (χ0n) is 12.5. The molecule has 1 aromatic carbocycles. The summed E-state index contributed by atoms with van der Waals surface area (Å²) in [6.45, 7) is 2.02. The smallest absolute Gasteiger partial charge is 0.240 e. The van der Waals surface area contributed by atoms with Crippen molar-refractivity contribution in [3.63, 3.8) is 0 Å². The van der Waals surface area contributed by atoms with Crippen molar-refractivity contribution in [3.8, 4) is 0 Å². The average molecular weight is 312 g/mol. The summed E-state index contributed by atoms with van der Waals surface area (Å²) < 4.78 is 27.4. The summed E-state index contributed by atoms with van der Waals surface area (Å²) in [4.78, 5) is 0.292. The normalized spacial score (nSPS) is 24.7. The largest absolute Gasteiger partial charge is 0.393 e. The van der Waals surface area contributed by atoms with Gasteiger partial charge >= 0.3 is 0 Å². The summed E-state index contributed by atoms with van der Waals surface area (Å²) in [6.07, 6.45) is 2.41. The minimum atomic E-state index is -3.48. The third kappa shape index (κ3) is 4.26. The third-order valence-corrected chi connectivity index (χ3v) is 5.68. The average Bonchev–Trinajstić information content (AvgIpc) is 2.49. The van der Waals surface area contributed by atoms with E-state index in [4.69, 9.17) is 0 Å². The van der Waals surface area contributed by atoms with Gasteiger partial charge in [0.1, 0.15) is 0 Å². The molecule has 1 unspecified atom stereocenters. The van der Waals surface area contributed by atoms with Gasteiger partial charge in [-0.3, -0.25) is 0 Å². The van der Waals surface area contributed by atoms with Crippen LogP contribution in [0.3, 0.4) is 0 Å². The molecule has 5 nitrogen and oxygen atoms in total. The summed E-state index contributed by atoms with van der Waals surface area (Å²) in [5.41, 5.74) is 1.05. The Kier molecular flexibility index (Phi) is 5.37. The predicted octanol–water partition coefficient (Wildman–Crippen LogP) is 1.55. The second-order valence-corrected chi connectivity index (χ2v) is 7.42. The Bertz CT molecular complexity index is 549. The van der Waals surface area contributed by atoms with Gasteiger partial charge in [0.15, 0.2) is 0 Å². The molecule has 1 aromatic rings. The molecular weight excluding hydrogens is 288 g/mol. The maximum absolute atomic E-state index is 12.3. The molecule has 118 valence electrons. The molecule has 0 amide bonds. The van der Waals surface area contributed by atoms with E-state index in [1.807, 2.05) is 26.1 Å². The molecule has 2 rings (SSSR count). The van der Waals surface area contributed by atoms with Crippen molar-refractivity contribution in [2.24, 2.45) is 0 Å². The van der Waals surface area contributed by atoms with E-state index in [1.165, 1.54) is 0 Å². The maximum atomic E-state index is 12.3. The zero-order valence-corrected chi connectivity index (χ0v) is 13.4. The Morgan fingerprint density at radius 2 is 1.71 bits per heavy atom. The van der Waals surface area contributed by atoms with E-state index in [9.17, 15) is 13.5 Å². The summed E-state index contributed by atoms with van der Waals surface area (Å²) in [6, 6.07) is 7.07. The molecule has 1 aliphatic rings. The molecular formula is C15H24N2O3S. The van der Waals surface area contributed by atoms with E-state index >= 15 is 0 Å². The first kappa shape index (κ1) is 16.4. The molecule has 0 radical (unpaired) electrons. The standard InChI is InChI=1S/C15H24N2O3S/c1-11(16-2)12-3-9-15(10-4-12)21(19,20)17-13-5-7-14(18)8-6-13/h3-4,9-11,13-14,16-18H,5-8H2,1-2H3. The zero-order chi connectivity index (χ0) is 15.5. The molecule has 0 aromatic heterocycles. The van der Waals surface area contributed by atoms with Gasteiger partial charge in [-0.25, -0.2) is 13.1 Å². The fourth-order valence-corrected chi connectivity index (χ4v) is 3.89. The lowest BCUT2D eigenvalue weighted by atomic mass is 9.94.